The molecule has 4 aliphatic carbocycles. The molecule has 0 radical (unpaired) electrons. The highest BCUT2D eigenvalue weighted by molar-refractivity contribution is 5.89. The minimum Gasteiger partial charge on any atom is -0.456 e. The Hall–Kier alpha value is -2.04. The topological polar surface area (TPSA) is 172 Å². The van der Waals surface area contributed by atoms with E-state index in [1.54, 1.807) is 45.2 Å². The van der Waals surface area contributed by atoms with Gasteiger partial charge in [-0.3, -0.25) is 4.79 Å². The van der Waals surface area contributed by atoms with Gasteiger partial charge in [-0.05, 0) is 89.2 Å². The maximum atomic E-state index is 13.8. The molecule has 0 bridgehead atoms. The lowest BCUT2D eigenvalue weighted by Crippen LogP contribution is -2.70. The van der Waals surface area contributed by atoms with Crippen LogP contribution in [-0.2, 0) is 42.7 Å². The van der Waals surface area contributed by atoms with Crippen LogP contribution in [0.4, 0.5) is 0 Å². The summed E-state index contributed by atoms with van der Waals surface area (Å²) < 4.78 is 49.9. The van der Waals surface area contributed by atoms with Crippen molar-refractivity contribution in [3.05, 3.63) is 35.9 Å². The number of hydrogen-bond acceptors (Lipinski definition) is 13. The Morgan fingerprint density at radius 2 is 1.56 bits per heavy atom. The van der Waals surface area contributed by atoms with Gasteiger partial charge in [0.25, 0.3) is 0 Å². The molecule has 0 aromatic heterocycles. The summed E-state index contributed by atoms with van der Waals surface area (Å²) in [5, 5.41) is 33.8. The molecule has 3 aliphatic heterocycles. The monoisotopic (exact) mass is 772 g/mol. The van der Waals surface area contributed by atoms with Gasteiger partial charge in [0.2, 0.25) is 0 Å². The third-order valence-corrected chi connectivity index (χ3v) is 15.5. The lowest BCUT2D eigenvalue weighted by molar-refractivity contribution is -0.343. The number of aliphatic hydroxyl groups is 3. The summed E-state index contributed by atoms with van der Waals surface area (Å²) in [5.41, 5.74) is -2.02. The molecule has 55 heavy (non-hydrogen) atoms. The highest BCUT2D eigenvalue weighted by Gasteiger charge is 2.90. The lowest BCUT2D eigenvalue weighted by atomic mass is 9.43. The summed E-state index contributed by atoms with van der Waals surface area (Å²) >= 11 is 0. The fourth-order valence-electron chi connectivity index (χ4n) is 12.7. The number of methoxy groups -OCH3 is 2. The fourth-order valence-corrected chi connectivity index (χ4v) is 12.7. The van der Waals surface area contributed by atoms with Crippen LogP contribution in [0.1, 0.15) is 96.3 Å². The number of Topliss-reactive ketones (excluding diaryl/α,β-unsaturated/α-hetero) is 1. The summed E-state index contributed by atoms with van der Waals surface area (Å²) in [4.78, 5) is 26.8. The first kappa shape index (κ1) is 39.8. The van der Waals surface area contributed by atoms with Crippen molar-refractivity contribution < 1.29 is 62.8 Å². The number of epoxide rings is 1. The number of ketones is 1. The Morgan fingerprint density at radius 3 is 2.25 bits per heavy atom. The number of esters is 1. The van der Waals surface area contributed by atoms with E-state index >= 15 is 0 Å². The standard InChI is InChI=1S/C42H60O13/c1-21(43)27-15-18-42-40(27,5)36(46)34(53-37(47)24-11-9-8-10-12-24)35-39(4)16-14-26(19-25(39)13-17-41(35,42)55-42)52-29-20-28(48-6)32(23(3)50-29)54-38-31(45)33(49-7)30(44)22(2)51-38/h8-12,22-23,25-36,38,44-46H,13-20H2,1-7H3. The van der Waals surface area contributed by atoms with E-state index in [4.69, 9.17) is 37.9 Å². The molecule has 19 atom stereocenters. The molecule has 2 spiro atoms. The molecule has 3 N–H and O–H groups in total. The van der Waals surface area contributed by atoms with E-state index in [0.717, 1.165) is 32.1 Å². The molecule has 1 aromatic carbocycles. The number of benzene rings is 1. The molecule has 19 unspecified atom stereocenters. The minimum absolute atomic E-state index is 0.0372. The molecule has 3 heterocycles. The largest absolute Gasteiger partial charge is 0.456 e. The first-order chi connectivity index (χ1) is 26.2. The van der Waals surface area contributed by atoms with Gasteiger partial charge < -0.3 is 53.2 Å². The number of hydrogen-bond donors (Lipinski definition) is 3. The van der Waals surface area contributed by atoms with Crippen LogP contribution in [0, 0.1) is 28.6 Å². The quantitative estimate of drug-likeness (QED) is 0.189. The number of fused-ring (bicyclic) bond motifs is 2. The number of carbonyl (C=O) groups is 2. The molecule has 13 nitrogen and oxygen atoms in total. The Kier molecular flexibility index (Phi) is 10.4. The summed E-state index contributed by atoms with van der Waals surface area (Å²) in [7, 11) is 3.05. The molecule has 3 saturated heterocycles. The van der Waals surface area contributed by atoms with Gasteiger partial charge >= 0.3 is 5.97 Å². The normalized spacial score (nSPS) is 51.6. The van der Waals surface area contributed by atoms with Crippen LogP contribution < -0.4 is 0 Å². The van der Waals surface area contributed by atoms with Crippen molar-refractivity contribution in [2.24, 2.45) is 28.6 Å². The minimum atomic E-state index is -1.21. The van der Waals surface area contributed by atoms with E-state index in [9.17, 15) is 24.9 Å². The first-order valence-electron chi connectivity index (χ1n) is 20.3. The Morgan fingerprint density at radius 1 is 0.818 bits per heavy atom. The van der Waals surface area contributed by atoms with Crippen LogP contribution in [0.3, 0.4) is 0 Å². The number of carbonyl (C=O) groups excluding carboxylic acids is 2. The van der Waals surface area contributed by atoms with Gasteiger partial charge in [-0.1, -0.05) is 32.0 Å². The van der Waals surface area contributed by atoms with Crippen LogP contribution in [0.5, 0.6) is 0 Å². The fraction of sp³-hybridized carbons (Fsp3) is 0.810. The van der Waals surface area contributed by atoms with Crippen LogP contribution in [0.25, 0.3) is 0 Å². The molecular formula is C42H60O13. The predicted molar refractivity (Wildman–Crippen MR) is 195 cm³/mol. The maximum Gasteiger partial charge on any atom is 0.338 e. The lowest BCUT2D eigenvalue weighted by Gasteiger charge is -2.61. The summed E-state index contributed by atoms with van der Waals surface area (Å²) in [6.07, 6.45) is -3.06. The van der Waals surface area contributed by atoms with Crippen molar-refractivity contribution in [2.75, 3.05) is 14.2 Å². The van der Waals surface area contributed by atoms with Crippen molar-refractivity contribution in [2.45, 2.75) is 171 Å². The van der Waals surface area contributed by atoms with Crippen molar-refractivity contribution >= 4 is 11.8 Å². The van der Waals surface area contributed by atoms with Gasteiger partial charge in [0, 0.05) is 37.9 Å². The molecule has 1 aromatic rings. The third-order valence-electron chi connectivity index (χ3n) is 15.5. The summed E-state index contributed by atoms with van der Waals surface area (Å²) in [6.45, 7) is 9.46. The number of aliphatic hydroxyl groups excluding tert-OH is 3. The van der Waals surface area contributed by atoms with Crippen LogP contribution in [0.15, 0.2) is 30.3 Å². The third kappa shape index (κ3) is 5.92. The predicted octanol–water partition coefficient (Wildman–Crippen LogP) is 3.72. The molecule has 0 amide bonds. The van der Waals surface area contributed by atoms with E-state index in [1.165, 1.54) is 7.11 Å². The zero-order valence-corrected chi connectivity index (χ0v) is 33.1. The highest BCUT2D eigenvalue weighted by atomic mass is 16.7. The Labute approximate surface area is 323 Å². The second kappa shape index (κ2) is 14.4. The first-order valence-corrected chi connectivity index (χ1v) is 20.3. The van der Waals surface area contributed by atoms with Gasteiger partial charge in [0.05, 0.1) is 30.0 Å². The average Bonchev–Trinajstić information content (AvgIpc) is 3.71. The van der Waals surface area contributed by atoms with E-state index in [2.05, 4.69) is 6.92 Å². The van der Waals surface area contributed by atoms with Crippen molar-refractivity contribution in [3.63, 3.8) is 0 Å². The Bertz CT molecular complexity index is 1590. The molecule has 7 fully saturated rings. The Balaban J connectivity index is 0.987. The highest BCUT2D eigenvalue weighted by Crippen LogP contribution is 2.81. The van der Waals surface area contributed by atoms with Crippen LogP contribution in [0.2, 0.25) is 0 Å². The van der Waals surface area contributed by atoms with E-state index in [-0.39, 0.29) is 35.1 Å². The molecular weight excluding hydrogens is 712 g/mol. The zero-order valence-electron chi connectivity index (χ0n) is 33.1. The smallest absolute Gasteiger partial charge is 0.338 e. The molecule has 7 aliphatic rings. The van der Waals surface area contributed by atoms with Crippen molar-refractivity contribution in [1.29, 1.82) is 0 Å². The SMILES string of the molecule is COC1CC(OC2CCC3(C)C(CCC45OC46CCC(C(C)=O)C6(C)C(O)C(OC(=O)c4ccccc4)C35)C2)OC(C)C1OC1OC(C)C(O)C(OC)C1O. The van der Waals surface area contributed by atoms with Gasteiger partial charge in [-0.2, -0.15) is 0 Å². The van der Waals surface area contributed by atoms with Crippen LogP contribution >= 0.6 is 0 Å². The molecule has 8 rings (SSSR count). The van der Waals surface area contributed by atoms with Gasteiger partial charge in [-0.15, -0.1) is 0 Å². The van der Waals surface area contributed by atoms with Gasteiger partial charge in [-0.25, -0.2) is 4.79 Å². The second-order valence-electron chi connectivity index (χ2n) is 18.0. The maximum absolute atomic E-state index is 13.8. The van der Waals surface area contributed by atoms with Gasteiger partial charge in [0.1, 0.15) is 53.6 Å². The number of ether oxygens (including phenoxy) is 8. The van der Waals surface area contributed by atoms with Gasteiger partial charge in [0.15, 0.2) is 12.6 Å². The number of rotatable bonds is 9. The van der Waals surface area contributed by atoms with E-state index in [1.807, 2.05) is 19.9 Å². The second-order valence-corrected chi connectivity index (χ2v) is 18.0. The van der Waals surface area contributed by atoms with Crippen LogP contribution in [-0.4, -0.2) is 126 Å². The van der Waals surface area contributed by atoms with E-state index in [0.29, 0.717) is 24.8 Å². The summed E-state index contributed by atoms with van der Waals surface area (Å²) in [5.74, 6) is -0.885. The molecule has 13 heteroatoms. The van der Waals surface area contributed by atoms with Crippen molar-refractivity contribution in [1.82, 2.24) is 0 Å². The summed E-state index contributed by atoms with van der Waals surface area (Å²) in [6, 6.07) is 8.89. The zero-order chi connectivity index (χ0) is 39.2. The van der Waals surface area contributed by atoms with E-state index < -0.39 is 90.1 Å². The molecule has 4 saturated carbocycles. The molecule has 306 valence electrons. The van der Waals surface area contributed by atoms with Crippen molar-refractivity contribution in [3.8, 4) is 0 Å². The average molecular weight is 773 g/mol.